The zero-order chi connectivity index (χ0) is 19.6. The Morgan fingerprint density at radius 2 is 1.74 bits per heavy atom. The maximum atomic E-state index is 12.8. The van der Waals surface area contributed by atoms with E-state index in [1.54, 1.807) is 36.4 Å². The molecule has 2 N–H and O–H groups in total. The van der Waals surface area contributed by atoms with Crippen LogP contribution >= 0.6 is 15.9 Å². The lowest BCUT2D eigenvalue weighted by atomic mass is 10.1. The summed E-state index contributed by atoms with van der Waals surface area (Å²) in [6.07, 6.45) is 3.20. The Balaban J connectivity index is 2.12. The molecule has 0 aliphatic heterocycles. The number of hydrogen-bond donors (Lipinski definition) is 2. The van der Waals surface area contributed by atoms with Crippen molar-refractivity contribution in [3.8, 4) is 5.75 Å². The van der Waals surface area contributed by atoms with E-state index >= 15 is 0 Å². The van der Waals surface area contributed by atoms with E-state index in [1.165, 1.54) is 0 Å². The van der Waals surface area contributed by atoms with Crippen molar-refractivity contribution in [2.45, 2.75) is 39.5 Å². The SMILES string of the molecule is CCCCOc1ccc(Br)cc1C(=O)Nc1cccc(NC(=O)CCC)c1. The number of carbonyl (C=O) groups excluding carboxylic acids is 2. The number of unbranched alkanes of at least 4 members (excludes halogenated alkanes) is 1. The monoisotopic (exact) mass is 432 g/mol. The van der Waals surface area contributed by atoms with E-state index in [9.17, 15) is 9.59 Å². The largest absolute Gasteiger partial charge is 0.493 e. The summed E-state index contributed by atoms with van der Waals surface area (Å²) < 4.78 is 6.56. The second-order valence-corrected chi connectivity index (χ2v) is 7.09. The summed E-state index contributed by atoms with van der Waals surface area (Å²) in [5.74, 6) is 0.246. The van der Waals surface area contributed by atoms with Crippen LogP contribution in [-0.2, 0) is 4.79 Å². The molecule has 0 heterocycles. The number of anilines is 2. The third-order valence-corrected chi connectivity index (χ3v) is 4.32. The highest BCUT2D eigenvalue weighted by atomic mass is 79.9. The maximum Gasteiger partial charge on any atom is 0.259 e. The minimum atomic E-state index is -0.264. The molecule has 2 aromatic rings. The summed E-state index contributed by atoms with van der Waals surface area (Å²) >= 11 is 3.40. The van der Waals surface area contributed by atoms with Crippen molar-refractivity contribution in [2.24, 2.45) is 0 Å². The zero-order valence-corrected chi connectivity index (χ0v) is 17.3. The van der Waals surface area contributed by atoms with Crippen molar-refractivity contribution in [3.05, 3.63) is 52.5 Å². The fraction of sp³-hybridized carbons (Fsp3) is 0.333. The number of hydrogen-bond acceptors (Lipinski definition) is 3. The number of amides is 2. The van der Waals surface area contributed by atoms with Crippen molar-refractivity contribution >= 4 is 39.1 Å². The van der Waals surface area contributed by atoms with E-state index in [0.717, 1.165) is 23.7 Å². The Morgan fingerprint density at radius 1 is 1.00 bits per heavy atom. The summed E-state index contributed by atoms with van der Waals surface area (Å²) in [5, 5.41) is 5.70. The first-order valence-corrected chi connectivity index (χ1v) is 9.96. The lowest BCUT2D eigenvalue weighted by Crippen LogP contribution is -2.15. The van der Waals surface area contributed by atoms with Crippen molar-refractivity contribution in [1.82, 2.24) is 0 Å². The molecular formula is C21H25BrN2O3. The van der Waals surface area contributed by atoms with Crippen LogP contribution in [0, 0.1) is 0 Å². The van der Waals surface area contributed by atoms with Crippen LogP contribution in [0.4, 0.5) is 11.4 Å². The highest BCUT2D eigenvalue weighted by molar-refractivity contribution is 9.10. The van der Waals surface area contributed by atoms with Gasteiger partial charge >= 0.3 is 0 Å². The molecule has 0 spiro atoms. The molecule has 2 aromatic carbocycles. The van der Waals surface area contributed by atoms with E-state index in [0.29, 0.717) is 35.7 Å². The molecule has 0 saturated heterocycles. The van der Waals surface area contributed by atoms with Gasteiger partial charge in [-0.05, 0) is 49.2 Å². The topological polar surface area (TPSA) is 67.4 Å². The predicted molar refractivity (Wildman–Crippen MR) is 112 cm³/mol. The van der Waals surface area contributed by atoms with E-state index in [-0.39, 0.29) is 11.8 Å². The minimum absolute atomic E-state index is 0.0421. The van der Waals surface area contributed by atoms with Crippen LogP contribution in [0.5, 0.6) is 5.75 Å². The smallest absolute Gasteiger partial charge is 0.259 e. The van der Waals surface area contributed by atoms with Crippen LogP contribution in [0.2, 0.25) is 0 Å². The number of ether oxygens (including phenoxy) is 1. The van der Waals surface area contributed by atoms with Gasteiger partial charge in [-0.1, -0.05) is 42.3 Å². The number of benzene rings is 2. The van der Waals surface area contributed by atoms with Gasteiger partial charge < -0.3 is 15.4 Å². The second kappa shape index (κ2) is 10.7. The summed E-state index contributed by atoms with van der Waals surface area (Å²) in [6.45, 7) is 4.61. The summed E-state index contributed by atoms with van der Waals surface area (Å²) in [4.78, 5) is 24.5. The summed E-state index contributed by atoms with van der Waals surface area (Å²) in [6, 6.07) is 12.5. The van der Waals surface area contributed by atoms with Crippen LogP contribution < -0.4 is 15.4 Å². The third-order valence-electron chi connectivity index (χ3n) is 3.82. The van der Waals surface area contributed by atoms with Gasteiger partial charge in [0.25, 0.3) is 5.91 Å². The first kappa shape index (κ1) is 21.0. The average Bonchev–Trinajstić information content (AvgIpc) is 2.63. The van der Waals surface area contributed by atoms with Gasteiger partial charge in [0.2, 0.25) is 5.91 Å². The molecule has 0 radical (unpaired) electrons. The highest BCUT2D eigenvalue weighted by Crippen LogP contribution is 2.25. The van der Waals surface area contributed by atoms with Gasteiger partial charge in [-0.25, -0.2) is 0 Å². The summed E-state index contributed by atoms with van der Waals surface area (Å²) in [7, 11) is 0. The van der Waals surface area contributed by atoms with Gasteiger partial charge in [-0.15, -0.1) is 0 Å². The molecule has 5 nitrogen and oxygen atoms in total. The second-order valence-electron chi connectivity index (χ2n) is 6.18. The van der Waals surface area contributed by atoms with Crippen LogP contribution in [0.1, 0.15) is 49.9 Å². The molecule has 0 atom stereocenters. The molecular weight excluding hydrogens is 408 g/mol. The fourth-order valence-electron chi connectivity index (χ4n) is 2.46. The molecule has 2 rings (SSSR count). The standard InChI is InChI=1S/C21H25BrN2O3/c1-3-5-12-27-19-11-10-15(22)13-18(19)21(26)24-17-9-6-8-16(14-17)23-20(25)7-4-2/h6,8-11,13-14H,3-5,7,12H2,1-2H3,(H,23,25)(H,24,26). The highest BCUT2D eigenvalue weighted by Gasteiger charge is 2.14. The van der Waals surface area contributed by atoms with E-state index < -0.39 is 0 Å². The zero-order valence-electron chi connectivity index (χ0n) is 15.7. The Bertz CT molecular complexity index is 793. The lowest BCUT2D eigenvalue weighted by Gasteiger charge is -2.13. The molecule has 2 amide bonds. The molecule has 0 bridgehead atoms. The quantitative estimate of drug-likeness (QED) is 0.505. The van der Waals surface area contributed by atoms with Crippen molar-refractivity contribution in [1.29, 1.82) is 0 Å². The van der Waals surface area contributed by atoms with E-state index in [4.69, 9.17) is 4.74 Å². The Morgan fingerprint density at radius 3 is 2.44 bits per heavy atom. The number of rotatable bonds is 9. The van der Waals surface area contributed by atoms with Gasteiger partial charge in [0.1, 0.15) is 5.75 Å². The first-order valence-electron chi connectivity index (χ1n) is 9.17. The Hall–Kier alpha value is -2.34. The number of halogens is 1. The maximum absolute atomic E-state index is 12.8. The minimum Gasteiger partial charge on any atom is -0.493 e. The van der Waals surface area contributed by atoms with Gasteiger partial charge in [0.05, 0.1) is 12.2 Å². The molecule has 0 aromatic heterocycles. The molecule has 6 heteroatoms. The van der Waals surface area contributed by atoms with Crippen molar-refractivity contribution < 1.29 is 14.3 Å². The molecule has 0 saturated carbocycles. The Labute approximate surface area is 168 Å². The van der Waals surface area contributed by atoms with E-state index in [1.807, 2.05) is 13.0 Å². The molecule has 144 valence electrons. The van der Waals surface area contributed by atoms with Crippen LogP contribution in [0.25, 0.3) is 0 Å². The van der Waals surface area contributed by atoms with Crippen LogP contribution in [0.15, 0.2) is 46.9 Å². The first-order chi connectivity index (χ1) is 13.0. The van der Waals surface area contributed by atoms with E-state index in [2.05, 4.69) is 33.5 Å². The van der Waals surface area contributed by atoms with Crippen LogP contribution in [-0.4, -0.2) is 18.4 Å². The normalized spacial score (nSPS) is 10.3. The molecule has 27 heavy (non-hydrogen) atoms. The van der Waals surface area contributed by atoms with Gasteiger partial charge in [0.15, 0.2) is 0 Å². The predicted octanol–water partition coefficient (Wildman–Crippen LogP) is 5.62. The third kappa shape index (κ3) is 6.71. The van der Waals surface area contributed by atoms with Crippen molar-refractivity contribution in [3.63, 3.8) is 0 Å². The number of nitrogens with one attached hydrogen (secondary N) is 2. The van der Waals surface area contributed by atoms with Gasteiger partial charge in [-0.2, -0.15) is 0 Å². The van der Waals surface area contributed by atoms with Crippen molar-refractivity contribution in [2.75, 3.05) is 17.2 Å². The average molecular weight is 433 g/mol. The molecule has 0 aliphatic carbocycles. The molecule has 0 fully saturated rings. The van der Waals surface area contributed by atoms with Gasteiger partial charge in [0, 0.05) is 22.3 Å². The van der Waals surface area contributed by atoms with Crippen LogP contribution in [0.3, 0.4) is 0 Å². The molecule has 0 unspecified atom stereocenters. The number of carbonyl (C=O) groups is 2. The molecule has 0 aliphatic rings. The lowest BCUT2D eigenvalue weighted by molar-refractivity contribution is -0.116. The van der Waals surface area contributed by atoms with Gasteiger partial charge in [-0.3, -0.25) is 9.59 Å². The summed E-state index contributed by atoms with van der Waals surface area (Å²) in [5.41, 5.74) is 1.72. The Kier molecular flexibility index (Phi) is 8.33. The fourth-order valence-corrected chi connectivity index (χ4v) is 2.82.